The van der Waals surface area contributed by atoms with Crippen LogP contribution in [0.15, 0.2) is 6.33 Å². The molecule has 0 radical (unpaired) electrons. The summed E-state index contributed by atoms with van der Waals surface area (Å²) in [7, 11) is 0. The summed E-state index contributed by atoms with van der Waals surface area (Å²) < 4.78 is 20.2. The molecular weight excluding hydrogens is 482 g/mol. The molecule has 2 unspecified atom stereocenters. The number of hydrogen-bond donors (Lipinski definition) is 1. The van der Waals surface area contributed by atoms with Crippen LogP contribution in [-0.4, -0.2) is 56.1 Å². The van der Waals surface area contributed by atoms with Gasteiger partial charge in [0.2, 0.25) is 5.28 Å². The molecule has 0 aromatic carbocycles. The summed E-state index contributed by atoms with van der Waals surface area (Å²) in [6, 6.07) is 0.244. The molecule has 0 spiro atoms. The smallest absolute Gasteiger partial charge is 0.315 e. The minimum atomic E-state index is -0.783. The number of ether oxygens (including phenoxy) is 3. The van der Waals surface area contributed by atoms with Crippen LogP contribution in [0.5, 0.6) is 0 Å². The molecule has 1 aliphatic heterocycles. The number of anilines is 1. The Bertz CT molecular complexity index is 1200. The average molecular weight is 516 g/mol. The Labute approximate surface area is 215 Å². The van der Waals surface area contributed by atoms with Crippen molar-refractivity contribution in [1.29, 1.82) is 0 Å². The Morgan fingerprint density at radius 1 is 1.22 bits per heavy atom. The van der Waals surface area contributed by atoms with E-state index >= 15 is 0 Å². The van der Waals surface area contributed by atoms with E-state index in [1.165, 1.54) is 38.5 Å². The zero-order valence-corrected chi connectivity index (χ0v) is 21.8. The number of hydrogen-bond acceptors (Lipinski definition) is 8. The lowest BCUT2D eigenvalue weighted by Gasteiger charge is -2.43. The van der Waals surface area contributed by atoms with Crippen LogP contribution < -0.4 is 5.32 Å². The monoisotopic (exact) mass is 515 g/mol. The molecule has 3 heterocycles. The predicted octanol–water partition coefficient (Wildman–Crippen LogP) is 4.50. The summed E-state index contributed by atoms with van der Waals surface area (Å²) in [5.74, 6) is 1.12. The van der Waals surface area contributed by atoms with Gasteiger partial charge in [0.15, 0.2) is 22.8 Å². The van der Waals surface area contributed by atoms with Gasteiger partial charge < -0.3 is 24.1 Å². The number of nitrogens with one attached hydrogen (secondary N) is 1. The third-order valence-corrected chi connectivity index (χ3v) is 9.60. The van der Waals surface area contributed by atoms with Gasteiger partial charge in [-0.1, -0.05) is 12.8 Å². The Kier molecular flexibility index (Phi) is 5.16. The molecule has 2 aromatic heterocycles. The normalized spacial score (nSPS) is 34.8. The first-order valence-electron chi connectivity index (χ1n) is 13.5. The second kappa shape index (κ2) is 8.01. The van der Waals surface area contributed by atoms with Crippen molar-refractivity contribution in [3.8, 4) is 0 Å². The first-order chi connectivity index (χ1) is 17.3. The van der Waals surface area contributed by atoms with Crippen molar-refractivity contribution in [3.63, 3.8) is 0 Å². The third kappa shape index (κ3) is 3.28. The Morgan fingerprint density at radius 2 is 1.94 bits per heavy atom. The fraction of sp³-hybridized carbons (Fsp3) is 0.769. The Hall–Kier alpha value is -1.97. The van der Waals surface area contributed by atoms with Crippen molar-refractivity contribution in [1.82, 2.24) is 19.5 Å². The first kappa shape index (κ1) is 23.2. The zero-order valence-electron chi connectivity index (χ0n) is 21.1. The SMILES string of the molecule is CCOC(=O)[C@@]12C[C@@H]1[C@@H](n1cnc3c(NC(C4CCC4)C4CCC4)nc(Cl)nc31)C1OC(C)(C)OC12. The molecule has 4 saturated carbocycles. The van der Waals surface area contributed by atoms with Gasteiger partial charge in [-0.05, 0) is 76.3 Å². The summed E-state index contributed by atoms with van der Waals surface area (Å²) in [6.07, 6.45) is 9.50. The molecule has 36 heavy (non-hydrogen) atoms. The summed E-state index contributed by atoms with van der Waals surface area (Å²) in [6.45, 7) is 5.97. The van der Waals surface area contributed by atoms with Crippen molar-refractivity contribution in [2.24, 2.45) is 23.2 Å². The van der Waals surface area contributed by atoms with E-state index in [1.807, 2.05) is 25.3 Å². The number of carbonyl (C=O) groups is 1. The van der Waals surface area contributed by atoms with Crippen molar-refractivity contribution < 1.29 is 19.0 Å². The highest BCUT2D eigenvalue weighted by Gasteiger charge is 2.80. The first-order valence-corrected chi connectivity index (χ1v) is 13.9. The molecule has 194 valence electrons. The molecule has 2 aromatic rings. The zero-order chi connectivity index (χ0) is 24.8. The quantitative estimate of drug-likeness (QED) is 0.425. The van der Waals surface area contributed by atoms with E-state index in [-0.39, 0.29) is 35.4 Å². The van der Waals surface area contributed by atoms with Crippen LogP contribution >= 0.6 is 11.6 Å². The Balaban J connectivity index is 1.26. The van der Waals surface area contributed by atoms with Crippen molar-refractivity contribution in [2.75, 3.05) is 11.9 Å². The predicted molar refractivity (Wildman–Crippen MR) is 132 cm³/mol. The molecule has 5 atom stereocenters. The molecule has 0 amide bonds. The van der Waals surface area contributed by atoms with Gasteiger partial charge in [0.1, 0.15) is 17.6 Å². The molecule has 10 heteroatoms. The van der Waals surface area contributed by atoms with Crippen molar-refractivity contribution >= 4 is 34.6 Å². The van der Waals surface area contributed by atoms with Gasteiger partial charge >= 0.3 is 5.97 Å². The van der Waals surface area contributed by atoms with Crippen LogP contribution in [0.25, 0.3) is 11.2 Å². The molecule has 1 saturated heterocycles. The van der Waals surface area contributed by atoms with Crippen LogP contribution in [0.1, 0.15) is 71.8 Å². The van der Waals surface area contributed by atoms with E-state index in [0.29, 0.717) is 47.9 Å². The molecule has 1 N–H and O–H groups in total. The minimum Gasteiger partial charge on any atom is -0.465 e. The van der Waals surface area contributed by atoms with Crippen molar-refractivity contribution in [3.05, 3.63) is 11.6 Å². The lowest BCUT2D eigenvalue weighted by Crippen LogP contribution is -2.42. The number of imidazole rings is 1. The number of rotatable bonds is 7. The molecule has 4 aliphatic carbocycles. The fourth-order valence-electron chi connectivity index (χ4n) is 7.28. The highest BCUT2D eigenvalue weighted by molar-refractivity contribution is 6.28. The van der Waals surface area contributed by atoms with E-state index in [2.05, 4.69) is 15.3 Å². The summed E-state index contributed by atoms with van der Waals surface area (Å²) >= 11 is 6.49. The third-order valence-electron chi connectivity index (χ3n) is 9.43. The molecule has 7 rings (SSSR count). The minimum absolute atomic E-state index is 0.0305. The lowest BCUT2D eigenvalue weighted by molar-refractivity contribution is -0.172. The number of aromatic nitrogens is 4. The van der Waals surface area contributed by atoms with Gasteiger partial charge in [-0.3, -0.25) is 4.79 Å². The standard InChI is InChI=1S/C26H34ClN5O4/c1-4-34-23(33)26-11-15(26)18(19-20(26)36-25(2,3)35-19)32-12-28-17-21(30-24(27)31-22(17)32)29-16(13-7-5-8-13)14-9-6-10-14/h12-16,18-20H,4-11H2,1-3H3,(H,29,30,31)/t15-,18-,19?,20?,26+/m1/s1. The van der Waals surface area contributed by atoms with E-state index < -0.39 is 11.2 Å². The summed E-state index contributed by atoms with van der Waals surface area (Å²) in [5.41, 5.74) is 0.696. The van der Waals surface area contributed by atoms with Crippen LogP contribution in [0.3, 0.4) is 0 Å². The molecular formula is C26H34ClN5O4. The number of halogens is 1. The largest absolute Gasteiger partial charge is 0.465 e. The molecule has 0 bridgehead atoms. The highest BCUT2D eigenvalue weighted by Crippen LogP contribution is 2.72. The maximum Gasteiger partial charge on any atom is 0.315 e. The highest BCUT2D eigenvalue weighted by atomic mass is 35.5. The van der Waals surface area contributed by atoms with Gasteiger partial charge in [-0.15, -0.1) is 0 Å². The maximum atomic E-state index is 13.1. The van der Waals surface area contributed by atoms with E-state index in [4.69, 9.17) is 30.8 Å². The second-order valence-corrected chi connectivity index (χ2v) is 12.1. The van der Waals surface area contributed by atoms with E-state index in [0.717, 1.165) is 0 Å². The van der Waals surface area contributed by atoms with Crippen molar-refractivity contribution in [2.45, 2.75) is 95.8 Å². The van der Waals surface area contributed by atoms with E-state index in [9.17, 15) is 4.79 Å². The molecule has 5 aliphatic rings. The van der Waals surface area contributed by atoms with Gasteiger partial charge in [-0.2, -0.15) is 9.97 Å². The average Bonchev–Trinajstić information content (AvgIpc) is 3.06. The molecule has 9 nitrogen and oxygen atoms in total. The lowest BCUT2D eigenvalue weighted by atomic mass is 9.68. The number of carbonyl (C=O) groups excluding carboxylic acids is 1. The number of nitrogens with zero attached hydrogens (tertiary/aromatic N) is 4. The summed E-state index contributed by atoms with van der Waals surface area (Å²) in [4.78, 5) is 27.1. The molecule has 5 fully saturated rings. The van der Waals surface area contributed by atoms with Crippen LogP contribution in [-0.2, 0) is 19.0 Å². The number of esters is 1. The maximum absolute atomic E-state index is 13.1. The summed E-state index contributed by atoms with van der Waals surface area (Å²) in [5, 5.41) is 3.95. The van der Waals surface area contributed by atoms with Crippen LogP contribution in [0.2, 0.25) is 5.28 Å². The van der Waals surface area contributed by atoms with Gasteiger partial charge in [0, 0.05) is 12.0 Å². The second-order valence-electron chi connectivity index (χ2n) is 11.8. The van der Waals surface area contributed by atoms with Crippen LogP contribution in [0.4, 0.5) is 5.82 Å². The topological polar surface area (TPSA) is 100 Å². The van der Waals surface area contributed by atoms with Gasteiger partial charge in [0.25, 0.3) is 0 Å². The van der Waals surface area contributed by atoms with E-state index in [1.54, 1.807) is 6.33 Å². The fourth-order valence-corrected chi connectivity index (χ4v) is 7.44. The Morgan fingerprint density at radius 3 is 2.58 bits per heavy atom. The van der Waals surface area contributed by atoms with Gasteiger partial charge in [0.05, 0.1) is 19.0 Å². The number of fused-ring (bicyclic) bond motifs is 4. The van der Waals surface area contributed by atoms with Gasteiger partial charge in [-0.25, -0.2) is 4.98 Å². The van der Waals surface area contributed by atoms with Crippen LogP contribution in [0, 0.1) is 23.2 Å².